The fourth-order valence-corrected chi connectivity index (χ4v) is 3.62. The zero-order valence-corrected chi connectivity index (χ0v) is 18.9. The zero-order valence-electron chi connectivity index (χ0n) is 18.9. The van der Waals surface area contributed by atoms with Gasteiger partial charge in [0.1, 0.15) is 23.0 Å². The highest BCUT2D eigenvalue weighted by Crippen LogP contribution is 2.34. The van der Waals surface area contributed by atoms with Crippen LogP contribution in [0.25, 0.3) is 11.0 Å². The Hall–Kier alpha value is -4.14. The molecule has 1 atom stereocenters. The normalized spacial score (nSPS) is 14.5. The van der Waals surface area contributed by atoms with Crippen molar-refractivity contribution in [3.8, 4) is 6.07 Å². The number of pyridine rings is 1. The van der Waals surface area contributed by atoms with E-state index in [0.29, 0.717) is 11.5 Å². The average molecular weight is 482 g/mol. The van der Waals surface area contributed by atoms with E-state index in [9.17, 15) is 18.0 Å². The van der Waals surface area contributed by atoms with Crippen molar-refractivity contribution >= 4 is 11.0 Å². The van der Waals surface area contributed by atoms with Gasteiger partial charge in [-0.2, -0.15) is 23.5 Å². The highest BCUT2D eigenvalue weighted by molar-refractivity contribution is 5.79. The molecule has 0 bridgehead atoms. The SMILES string of the molecule is C[C@@H](c1ccc(C(F)(F)F)nc1)n1nc(C#N)c2c(=O)[nH]cnc21.Cc1ccnc(C2CCC2)n1. The second kappa shape index (κ2) is 9.61. The Kier molecular flexibility index (Phi) is 6.59. The van der Waals surface area contributed by atoms with E-state index in [4.69, 9.17) is 5.26 Å². The largest absolute Gasteiger partial charge is 0.433 e. The molecule has 180 valence electrons. The van der Waals surface area contributed by atoms with Crippen LogP contribution in [0.5, 0.6) is 0 Å². The van der Waals surface area contributed by atoms with Crippen molar-refractivity contribution in [3.63, 3.8) is 0 Å². The molecule has 4 heterocycles. The molecule has 0 radical (unpaired) electrons. The molecule has 1 fully saturated rings. The molecule has 4 aromatic heterocycles. The van der Waals surface area contributed by atoms with E-state index in [1.165, 1.54) is 36.3 Å². The van der Waals surface area contributed by atoms with Crippen LogP contribution in [0.1, 0.15) is 66.6 Å². The van der Waals surface area contributed by atoms with Crippen molar-refractivity contribution in [1.29, 1.82) is 5.26 Å². The van der Waals surface area contributed by atoms with Crippen LogP contribution < -0.4 is 5.56 Å². The molecule has 1 aliphatic rings. The molecule has 0 unspecified atom stereocenters. The van der Waals surface area contributed by atoms with Crippen molar-refractivity contribution in [2.24, 2.45) is 0 Å². The number of nitriles is 1. The lowest BCUT2D eigenvalue weighted by Crippen LogP contribution is -2.13. The van der Waals surface area contributed by atoms with Crippen molar-refractivity contribution in [2.75, 3.05) is 0 Å². The Morgan fingerprint density at radius 1 is 1.20 bits per heavy atom. The third-order valence-corrected chi connectivity index (χ3v) is 5.81. The number of fused-ring (bicyclic) bond motifs is 1. The summed E-state index contributed by atoms with van der Waals surface area (Å²) in [6.07, 6.45) is 3.50. The molecule has 0 spiro atoms. The number of H-pyrrole nitrogens is 1. The second-order valence-electron chi connectivity index (χ2n) is 8.17. The molecule has 4 aromatic rings. The minimum atomic E-state index is -4.52. The Morgan fingerprint density at radius 3 is 2.54 bits per heavy atom. The Morgan fingerprint density at radius 2 is 1.97 bits per heavy atom. The molecule has 5 rings (SSSR count). The molecule has 35 heavy (non-hydrogen) atoms. The van der Waals surface area contributed by atoms with Gasteiger partial charge in [-0.25, -0.2) is 19.6 Å². The number of rotatable bonds is 3. The quantitative estimate of drug-likeness (QED) is 0.466. The van der Waals surface area contributed by atoms with Gasteiger partial charge in [0, 0.05) is 24.0 Å². The number of hydrogen-bond acceptors (Lipinski definition) is 7. The van der Waals surface area contributed by atoms with Gasteiger partial charge in [0.2, 0.25) is 0 Å². The number of nitrogens with zero attached hydrogens (tertiary/aromatic N) is 7. The predicted octanol–water partition coefficient (Wildman–Crippen LogP) is 4.07. The third kappa shape index (κ3) is 5.03. The fraction of sp³-hybridized carbons (Fsp3) is 0.348. The molecule has 0 aromatic carbocycles. The first-order chi connectivity index (χ1) is 16.7. The zero-order chi connectivity index (χ0) is 25.2. The smallest absolute Gasteiger partial charge is 0.312 e. The van der Waals surface area contributed by atoms with Crippen molar-refractivity contribution in [3.05, 3.63) is 75.7 Å². The highest BCUT2D eigenvalue weighted by Gasteiger charge is 2.32. The number of hydrogen-bond donors (Lipinski definition) is 1. The molecule has 1 N–H and O–H groups in total. The van der Waals surface area contributed by atoms with Crippen LogP contribution in [-0.2, 0) is 6.18 Å². The van der Waals surface area contributed by atoms with Crippen LogP contribution in [-0.4, -0.2) is 34.7 Å². The van der Waals surface area contributed by atoms with E-state index in [-0.39, 0.29) is 16.7 Å². The van der Waals surface area contributed by atoms with Gasteiger partial charge in [0.25, 0.3) is 5.56 Å². The number of nitrogens with one attached hydrogen (secondary N) is 1. The fourth-order valence-electron chi connectivity index (χ4n) is 3.62. The molecule has 0 aliphatic heterocycles. The summed E-state index contributed by atoms with van der Waals surface area (Å²) < 4.78 is 39.1. The summed E-state index contributed by atoms with van der Waals surface area (Å²) in [7, 11) is 0. The molecule has 12 heteroatoms. The van der Waals surface area contributed by atoms with Crippen LogP contribution in [0, 0.1) is 18.3 Å². The first-order valence-electron chi connectivity index (χ1n) is 10.9. The summed E-state index contributed by atoms with van der Waals surface area (Å²) in [6, 6.07) is 5.32. The minimum Gasteiger partial charge on any atom is -0.312 e. The first-order valence-corrected chi connectivity index (χ1v) is 10.9. The van der Waals surface area contributed by atoms with Crippen molar-refractivity contribution < 1.29 is 13.2 Å². The predicted molar refractivity (Wildman–Crippen MR) is 119 cm³/mol. The number of aromatic amines is 1. The first kappa shape index (κ1) is 24.0. The molecule has 1 aliphatic carbocycles. The van der Waals surface area contributed by atoms with Gasteiger partial charge in [-0.1, -0.05) is 12.5 Å². The number of halogens is 3. The lowest BCUT2D eigenvalue weighted by Gasteiger charge is -2.23. The van der Waals surface area contributed by atoms with Crippen LogP contribution in [0.4, 0.5) is 13.2 Å². The van der Waals surface area contributed by atoms with Crippen LogP contribution >= 0.6 is 0 Å². The van der Waals surface area contributed by atoms with Crippen LogP contribution in [0.3, 0.4) is 0 Å². The summed E-state index contributed by atoms with van der Waals surface area (Å²) in [4.78, 5) is 30.2. The van der Waals surface area contributed by atoms with Gasteiger partial charge in [0.05, 0.1) is 12.4 Å². The number of alkyl halides is 3. The topological polar surface area (TPSA) is 126 Å². The van der Waals surface area contributed by atoms with E-state index in [1.807, 2.05) is 25.3 Å². The molecule has 0 amide bonds. The van der Waals surface area contributed by atoms with Gasteiger partial charge >= 0.3 is 6.18 Å². The summed E-state index contributed by atoms with van der Waals surface area (Å²) in [5, 5.41) is 13.2. The molecule has 9 nitrogen and oxygen atoms in total. The summed E-state index contributed by atoms with van der Waals surface area (Å²) in [5.41, 5.74) is 0.0613. The van der Waals surface area contributed by atoms with Gasteiger partial charge in [-0.15, -0.1) is 0 Å². The van der Waals surface area contributed by atoms with Crippen LogP contribution in [0.2, 0.25) is 0 Å². The highest BCUT2D eigenvalue weighted by atomic mass is 19.4. The lowest BCUT2D eigenvalue weighted by molar-refractivity contribution is -0.141. The molecular formula is C23H21F3N8O. The minimum absolute atomic E-state index is 0.0340. The van der Waals surface area contributed by atoms with E-state index in [0.717, 1.165) is 23.8 Å². The number of aryl methyl sites for hydroxylation is 1. The summed E-state index contributed by atoms with van der Waals surface area (Å²) in [5.74, 6) is 1.71. The molecular weight excluding hydrogens is 461 g/mol. The third-order valence-electron chi connectivity index (χ3n) is 5.81. The molecule has 0 saturated heterocycles. The van der Waals surface area contributed by atoms with Crippen molar-refractivity contribution in [2.45, 2.75) is 51.2 Å². The van der Waals surface area contributed by atoms with Gasteiger partial charge in [-0.3, -0.25) is 9.78 Å². The standard InChI is InChI=1S/C14H9F3N6O.C9H12N2/c1-7(8-2-3-10(19-5-8)14(15,16)17)23-12-11(9(4-18)22-23)13(24)21-6-20-12;1-7-5-6-10-9(11-7)8-3-2-4-8/h2-3,5-7H,1H3,(H,20,21,24);5-6,8H,2-4H2,1H3/t7-;/m0./s1. The Bertz CT molecular complexity index is 1430. The van der Waals surface area contributed by atoms with Crippen molar-refractivity contribution in [1.82, 2.24) is 34.7 Å². The average Bonchev–Trinajstić information content (AvgIpc) is 3.18. The summed E-state index contributed by atoms with van der Waals surface area (Å²) >= 11 is 0. The number of aromatic nitrogens is 7. The monoisotopic (exact) mass is 482 g/mol. The van der Waals surface area contributed by atoms with Gasteiger partial charge < -0.3 is 4.98 Å². The lowest BCUT2D eigenvalue weighted by atomic mass is 9.85. The van der Waals surface area contributed by atoms with Gasteiger partial charge in [-0.05, 0) is 44.4 Å². The van der Waals surface area contributed by atoms with E-state index >= 15 is 0 Å². The maximum Gasteiger partial charge on any atom is 0.433 e. The maximum atomic E-state index is 12.6. The van der Waals surface area contributed by atoms with E-state index < -0.39 is 23.5 Å². The maximum absolute atomic E-state index is 12.6. The molecule has 1 saturated carbocycles. The second-order valence-corrected chi connectivity index (χ2v) is 8.17. The van der Waals surface area contributed by atoms with Gasteiger partial charge in [0.15, 0.2) is 11.3 Å². The Labute approximate surface area is 197 Å². The Balaban J connectivity index is 0.000000218. The van der Waals surface area contributed by atoms with E-state index in [1.54, 1.807) is 6.92 Å². The van der Waals surface area contributed by atoms with Crippen LogP contribution in [0.15, 0.2) is 41.7 Å². The van der Waals surface area contributed by atoms with E-state index in [2.05, 4.69) is 30.0 Å². The summed E-state index contributed by atoms with van der Waals surface area (Å²) in [6.45, 7) is 3.67.